The van der Waals surface area contributed by atoms with Crippen LogP contribution in [0.4, 0.5) is 13.2 Å². The smallest absolute Gasteiger partial charge is 0.416 e. The number of benzene rings is 2. The van der Waals surface area contributed by atoms with Crippen LogP contribution in [-0.2, 0) is 11.9 Å². The van der Waals surface area contributed by atoms with Crippen LogP contribution in [0.5, 0.6) is 5.75 Å². The lowest BCUT2D eigenvalue weighted by Gasteiger charge is -2.06. The molecule has 2 aromatic carbocycles. The van der Waals surface area contributed by atoms with Crippen molar-refractivity contribution in [2.24, 2.45) is 0 Å². The molecule has 0 spiro atoms. The summed E-state index contributed by atoms with van der Waals surface area (Å²) in [6, 6.07) is 10.3. The summed E-state index contributed by atoms with van der Waals surface area (Å²) in [5.41, 5.74) is 1.10. The Hall–Kier alpha value is -3.01. The molecule has 0 saturated carbocycles. The van der Waals surface area contributed by atoms with Crippen LogP contribution >= 0.6 is 11.8 Å². The molecule has 0 aliphatic rings. The average Bonchev–Trinajstić information content (AvgIpc) is 3.31. The van der Waals surface area contributed by atoms with Crippen molar-refractivity contribution < 1.29 is 22.4 Å². The molecular weight excluding hydrogens is 393 g/mol. The van der Waals surface area contributed by atoms with Gasteiger partial charge < -0.3 is 14.2 Å². The summed E-state index contributed by atoms with van der Waals surface area (Å²) in [5, 5.41) is 4.43. The van der Waals surface area contributed by atoms with Crippen LogP contribution in [0.3, 0.4) is 0 Å². The van der Waals surface area contributed by atoms with Gasteiger partial charge >= 0.3 is 6.18 Å². The van der Waals surface area contributed by atoms with E-state index in [0.29, 0.717) is 10.9 Å². The molecule has 2 heterocycles. The van der Waals surface area contributed by atoms with Gasteiger partial charge in [0.2, 0.25) is 11.7 Å². The number of imidazole rings is 1. The summed E-state index contributed by atoms with van der Waals surface area (Å²) in [4.78, 5) is 11.8. The maximum atomic E-state index is 12.8. The molecule has 144 valence electrons. The standard InChI is InChI=1S/C18H13F3N4O2S/c1-26-12-5-6-13-14(8-12)23-17(22-13)28-9-15-24-16(25-27-15)10-3-2-4-11(7-10)18(19,20)21/h2-8H,9H2,1H3,(H,22,23). The number of fused-ring (bicyclic) bond motifs is 1. The number of nitrogens with zero attached hydrogens (tertiary/aromatic N) is 3. The Balaban J connectivity index is 1.48. The monoisotopic (exact) mass is 406 g/mol. The Kier molecular flexibility index (Phi) is 4.71. The van der Waals surface area contributed by atoms with Crippen molar-refractivity contribution in [1.82, 2.24) is 20.1 Å². The van der Waals surface area contributed by atoms with Gasteiger partial charge in [0.1, 0.15) is 5.75 Å². The van der Waals surface area contributed by atoms with Crippen molar-refractivity contribution in [3.8, 4) is 17.1 Å². The Morgan fingerprint density at radius 1 is 1.14 bits per heavy atom. The molecular formula is C18H13F3N4O2S. The highest BCUT2D eigenvalue weighted by molar-refractivity contribution is 7.98. The zero-order chi connectivity index (χ0) is 19.7. The van der Waals surface area contributed by atoms with E-state index in [2.05, 4.69) is 20.1 Å². The van der Waals surface area contributed by atoms with Crippen LogP contribution in [0.25, 0.3) is 22.4 Å². The number of thioether (sulfide) groups is 1. The van der Waals surface area contributed by atoms with Gasteiger partial charge in [0.25, 0.3) is 0 Å². The van der Waals surface area contributed by atoms with Crippen LogP contribution in [0, 0.1) is 0 Å². The predicted octanol–water partition coefficient (Wildman–Crippen LogP) is 4.93. The number of aromatic nitrogens is 4. The molecule has 0 fully saturated rings. The second kappa shape index (κ2) is 7.19. The zero-order valence-electron chi connectivity index (χ0n) is 14.4. The van der Waals surface area contributed by atoms with Crippen LogP contribution < -0.4 is 4.74 Å². The summed E-state index contributed by atoms with van der Waals surface area (Å²) in [6.07, 6.45) is -4.43. The van der Waals surface area contributed by atoms with Gasteiger partial charge in [-0.2, -0.15) is 18.2 Å². The summed E-state index contributed by atoms with van der Waals surface area (Å²) in [6.45, 7) is 0. The fourth-order valence-corrected chi connectivity index (χ4v) is 3.28. The van der Waals surface area contributed by atoms with Gasteiger partial charge in [-0.3, -0.25) is 0 Å². The van der Waals surface area contributed by atoms with Gasteiger partial charge in [-0.15, -0.1) is 0 Å². The molecule has 0 aliphatic carbocycles. The zero-order valence-corrected chi connectivity index (χ0v) is 15.3. The maximum Gasteiger partial charge on any atom is 0.416 e. The number of ether oxygens (including phenoxy) is 1. The van der Waals surface area contributed by atoms with Crippen LogP contribution in [0.1, 0.15) is 11.5 Å². The second-order valence-corrected chi connectivity index (χ2v) is 6.77. The van der Waals surface area contributed by atoms with Crippen molar-refractivity contribution in [3.63, 3.8) is 0 Å². The number of alkyl halides is 3. The van der Waals surface area contributed by atoms with Crippen molar-refractivity contribution in [2.45, 2.75) is 17.1 Å². The van der Waals surface area contributed by atoms with E-state index in [1.807, 2.05) is 18.2 Å². The number of hydrogen-bond acceptors (Lipinski definition) is 6. The molecule has 1 N–H and O–H groups in total. The van der Waals surface area contributed by atoms with E-state index in [1.165, 1.54) is 23.9 Å². The predicted molar refractivity (Wildman–Crippen MR) is 96.9 cm³/mol. The minimum absolute atomic E-state index is 0.107. The largest absolute Gasteiger partial charge is 0.497 e. The van der Waals surface area contributed by atoms with E-state index >= 15 is 0 Å². The number of aromatic amines is 1. The third kappa shape index (κ3) is 3.81. The maximum absolute atomic E-state index is 12.8. The van der Waals surface area contributed by atoms with E-state index < -0.39 is 11.7 Å². The average molecular weight is 406 g/mol. The summed E-state index contributed by atoms with van der Waals surface area (Å²) in [5.74, 6) is 1.44. The lowest BCUT2D eigenvalue weighted by molar-refractivity contribution is -0.137. The molecule has 4 rings (SSSR count). The van der Waals surface area contributed by atoms with Crippen LogP contribution in [-0.4, -0.2) is 27.2 Å². The van der Waals surface area contributed by atoms with Gasteiger partial charge in [0.05, 0.1) is 29.5 Å². The fraction of sp³-hybridized carbons (Fsp3) is 0.167. The molecule has 2 aromatic heterocycles. The van der Waals surface area contributed by atoms with Crippen molar-refractivity contribution in [3.05, 3.63) is 53.9 Å². The number of rotatable bonds is 5. The number of nitrogens with one attached hydrogen (secondary N) is 1. The highest BCUT2D eigenvalue weighted by Crippen LogP contribution is 2.32. The van der Waals surface area contributed by atoms with Crippen LogP contribution in [0.15, 0.2) is 52.1 Å². The highest BCUT2D eigenvalue weighted by Gasteiger charge is 2.30. The molecule has 0 atom stereocenters. The Morgan fingerprint density at radius 2 is 2.00 bits per heavy atom. The second-order valence-electron chi connectivity index (χ2n) is 5.80. The lowest BCUT2D eigenvalue weighted by Crippen LogP contribution is -2.04. The van der Waals surface area contributed by atoms with Gasteiger partial charge in [0, 0.05) is 11.6 Å². The number of H-pyrrole nitrogens is 1. The fourth-order valence-electron chi connectivity index (χ4n) is 2.56. The molecule has 0 bridgehead atoms. The lowest BCUT2D eigenvalue weighted by atomic mass is 10.1. The third-order valence-electron chi connectivity index (χ3n) is 3.92. The molecule has 10 heteroatoms. The van der Waals surface area contributed by atoms with Crippen molar-refractivity contribution in [1.29, 1.82) is 0 Å². The van der Waals surface area contributed by atoms with E-state index in [1.54, 1.807) is 7.11 Å². The van der Waals surface area contributed by atoms with E-state index in [4.69, 9.17) is 9.26 Å². The highest BCUT2D eigenvalue weighted by atomic mass is 32.2. The van der Waals surface area contributed by atoms with Gasteiger partial charge in [-0.05, 0) is 24.3 Å². The molecule has 0 amide bonds. The Morgan fingerprint density at radius 3 is 2.79 bits per heavy atom. The van der Waals surface area contributed by atoms with Gasteiger partial charge in [0.15, 0.2) is 5.16 Å². The molecule has 0 radical (unpaired) electrons. The van der Waals surface area contributed by atoms with Crippen molar-refractivity contribution >= 4 is 22.8 Å². The van der Waals surface area contributed by atoms with E-state index in [9.17, 15) is 13.2 Å². The molecule has 0 saturated heterocycles. The molecule has 0 aliphatic heterocycles. The quantitative estimate of drug-likeness (QED) is 0.474. The van der Waals surface area contributed by atoms with Gasteiger partial charge in [-0.1, -0.05) is 29.1 Å². The topological polar surface area (TPSA) is 76.8 Å². The number of halogens is 3. The SMILES string of the molecule is COc1ccc2nc(SCc3nc(-c4cccc(C(F)(F)F)c4)no3)[nH]c2c1. The molecule has 28 heavy (non-hydrogen) atoms. The minimum Gasteiger partial charge on any atom is -0.497 e. The van der Waals surface area contributed by atoms with Crippen molar-refractivity contribution in [2.75, 3.05) is 7.11 Å². The van der Waals surface area contributed by atoms with E-state index in [-0.39, 0.29) is 17.3 Å². The normalized spacial score (nSPS) is 11.9. The molecule has 6 nitrogen and oxygen atoms in total. The Labute approximate surface area is 161 Å². The summed E-state index contributed by atoms with van der Waals surface area (Å²) >= 11 is 1.34. The van der Waals surface area contributed by atoms with E-state index in [0.717, 1.165) is 28.9 Å². The summed E-state index contributed by atoms with van der Waals surface area (Å²) < 4.78 is 48.9. The first-order valence-electron chi connectivity index (χ1n) is 8.09. The Bertz CT molecular complexity index is 1120. The third-order valence-corrected chi connectivity index (χ3v) is 4.77. The minimum atomic E-state index is -4.43. The first-order valence-corrected chi connectivity index (χ1v) is 9.08. The van der Waals surface area contributed by atoms with Crippen LogP contribution in [0.2, 0.25) is 0 Å². The molecule has 0 unspecified atom stereocenters. The summed E-state index contributed by atoms with van der Waals surface area (Å²) in [7, 11) is 1.59. The number of methoxy groups -OCH3 is 1. The number of hydrogen-bond donors (Lipinski definition) is 1. The first-order chi connectivity index (χ1) is 13.4. The first kappa shape index (κ1) is 18.4. The molecule has 4 aromatic rings. The van der Waals surface area contributed by atoms with Gasteiger partial charge in [-0.25, -0.2) is 4.98 Å².